The van der Waals surface area contributed by atoms with Crippen LogP contribution in [0.4, 0.5) is 0 Å². The molecule has 0 amide bonds. The van der Waals surface area contributed by atoms with Crippen LogP contribution in [0, 0.1) is 6.92 Å². The second kappa shape index (κ2) is 6.54. The van der Waals surface area contributed by atoms with Gasteiger partial charge in [0.15, 0.2) is 0 Å². The van der Waals surface area contributed by atoms with Gasteiger partial charge in [-0.05, 0) is 37.1 Å². The number of para-hydroxylation sites is 1. The molecule has 2 atom stereocenters. The maximum absolute atomic E-state index is 12.9. The molecule has 0 saturated carbocycles. The Morgan fingerprint density at radius 2 is 1.85 bits per heavy atom. The third-order valence-electron chi connectivity index (χ3n) is 5.22. The number of H-pyrrole nitrogens is 1. The van der Waals surface area contributed by atoms with Crippen LogP contribution in [0.2, 0.25) is 0 Å². The zero-order valence-corrected chi connectivity index (χ0v) is 15.4. The summed E-state index contributed by atoms with van der Waals surface area (Å²) in [5.74, 6) is -0.0735. The van der Waals surface area contributed by atoms with E-state index in [1.165, 1.54) is 4.31 Å². The number of nitrogens with one attached hydrogen (secondary N) is 1. The van der Waals surface area contributed by atoms with Gasteiger partial charge in [-0.1, -0.05) is 35.9 Å². The Bertz CT molecular complexity index is 1020. The first-order valence-corrected chi connectivity index (χ1v) is 10.2. The average molecular weight is 370 g/mol. The molecule has 2 heterocycles. The molecule has 0 unspecified atom stereocenters. The van der Waals surface area contributed by atoms with Crippen LogP contribution in [-0.2, 0) is 10.0 Å². The number of β-amino-alcohol motifs (C(OH)–C–C–N with tert-alkyl or cyclic N) is 1. The Morgan fingerprint density at radius 3 is 2.58 bits per heavy atom. The lowest BCUT2D eigenvalue weighted by Crippen LogP contribution is -2.45. The van der Waals surface area contributed by atoms with E-state index in [-0.39, 0.29) is 17.4 Å². The summed E-state index contributed by atoms with van der Waals surface area (Å²) in [6.07, 6.45) is 1.79. The molecule has 0 spiro atoms. The zero-order valence-electron chi connectivity index (χ0n) is 14.6. The first-order valence-electron chi connectivity index (χ1n) is 8.78. The lowest BCUT2D eigenvalue weighted by atomic mass is 9.88. The maximum atomic E-state index is 12.9. The predicted molar refractivity (Wildman–Crippen MR) is 102 cm³/mol. The molecule has 1 aliphatic rings. The van der Waals surface area contributed by atoms with Gasteiger partial charge in [0.1, 0.15) is 0 Å². The number of nitrogens with zero attached hydrogens (tertiary/aromatic N) is 1. The highest BCUT2D eigenvalue weighted by Gasteiger charge is 2.36. The maximum Gasteiger partial charge on any atom is 0.243 e. The van der Waals surface area contributed by atoms with E-state index in [1.54, 1.807) is 24.3 Å². The van der Waals surface area contributed by atoms with Crippen molar-refractivity contribution in [2.45, 2.75) is 30.3 Å². The summed E-state index contributed by atoms with van der Waals surface area (Å²) in [5.41, 5.74) is 3.10. The number of hydrogen-bond acceptors (Lipinski definition) is 3. The molecule has 6 heteroatoms. The first kappa shape index (κ1) is 17.3. The standard InChI is InChI=1S/C20H22N2O3S/c1-14-6-8-15(9-7-14)26(24,25)22-11-10-17(20(23)13-22)18-12-21-19-5-3-2-4-16(18)19/h2-9,12,17,20-21,23H,10-11,13H2,1H3/t17-,20+/m1/s1. The van der Waals surface area contributed by atoms with E-state index >= 15 is 0 Å². The summed E-state index contributed by atoms with van der Waals surface area (Å²) in [6, 6.07) is 14.8. The number of aryl methyl sites for hydroxylation is 1. The van der Waals surface area contributed by atoms with Gasteiger partial charge in [0.25, 0.3) is 0 Å². The normalized spacial score (nSPS) is 21.9. The van der Waals surface area contributed by atoms with Crippen molar-refractivity contribution in [2.24, 2.45) is 0 Å². The van der Waals surface area contributed by atoms with Crippen LogP contribution in [-0.4, -0.2) is 42.0 Å². The summed E-state index contributed by atoms with van der Waals surface area (Å²) in [5, 5.41) is 11.8. The second-order valence-corrected chi connectivity index (χ2v) is 8.87. The third kappa shape index (κ3) is 2.94. The molecule has 26 heavy (non-hydrogen) atoms. The second-order valence-electron chi connectivity index (χ2n) is 6.93. The molecule has 2 N–H and O–H groups in total. The van der Waals surface area contributed by atoms with E-state index in [0.29, 0.717) is 13.0 Å². The van der Waals surface area contributed by atoms with E-state index in [4.69, 9.17) is 0 Å². The molecular weight excluding hydrogens is 348 g/mol. The van der Waals surface area contributed by atoms with Gasteiger partial charge >= 0.3 is 0 Å². The first-order chi connectivity index (χ1) is 12.5. The zero-order chi connectivity index (χ0) is 18.3. The number of aliphatic hydroxyl groups is 1. The van der Waals surface area contributed by atoms with Gasteiger partial charge < -0.3 is 10.1 Å². The van der Waals surface area contributed by atoms with Gasteiger partial charge in [0, 0.05) is 36.1 Å². The van der Waals surface area contributed by atoms with E-state index in [9.17, 15) is 13.5 Å². The minimum Gasteiger partial charge on any atom is -0.391 e. The summed E-state index contributed by atoms with van der Waals surface area (Å²) in [7, 11) is -3.58. The minimum atomic E-state index is -3.58. The minimum absolute atomic E-state index is 0.0735. The van der Waals surface area contributed by atoms with Crippen molar-refractivity contribution in [3.63, 3.8) is 0 Å². The van der Waals surface area contributed by atoms with Crippen molar-refractivity contribution in [3.05, 3.63) is 65.9 Å². The van der Waals surface area contributed by atoms with E-state index in [0.717, 1.165) is 22.0 Å². The Hall–Kier alpha value is -2.15. The fourth-order valence-electron chi connectivity index (χ4n) is 3.74. The number of piperidine rings is 1. The van der Waals surface area contributed by atoms with Gasteiger partial charge in [-0.15, -0.1) is 0 Å². The molecule has 0 radical (unpaired) electrons. The highest BCUT2D eigenvalue weighted by Crippen LogP contribution is 2.35. The molecule has 1 aromatic heterocycles. The molecule has 1 saturated heterocycles. The fourth-order valence-corrected chi connectivity index (χ4v) is 5.22. The number of fused-ring (bicyclic) bond motifs is 1. The number of aromatic nitrogens is 1. The van der Waals surface area contributed by atoms with Crippen molar-refractivity contribution >= 4 is 20.9 Å². The predicted octanol–water partition coefficient (Wildman–Crippen LogP) is 3.02. The third-order valence-corrected chi connectivity index (χ3v) is 7.10. The molecular formula is C20H22N2O3S. The van der Waals surface area contributed by atoms with Crippen molar-refractivity contribution in [2.75, 3.05) is 13.1 Å². The summed E-state index contributed by atoms with van der Waals surface area (Å²) < 4.78 is 27.1. The number of aromatic amines is 1. The Kier molecular flexibility index (Phi) is 4.34. The number of aliphatic hydroxyl groups excluding tert-OH is 1. The highest BCUT2D eigenvalue weighted by molar-refractivity contribution is 7.89. The summed E-state index contributed by atoms with van der Waals surface area (Å²) >= 11 is 0. The SMILES string of the molecule is Cc1ccc(S(=O)(=O)N2CC[C@H](c3c[nH]c4ccccc34)[C@@H](O)C2)cc1. The van der Waals surface area contributed by atoms with Crippen LogP contribution in [0.25, 0.3) is 10.9 Å². The average Bonchev–Trinajstić information content (AvgIpc) is 3.06. The van der Waals surface area contributed by atoms with Crippen LogP contribution >= 0.6 is 0 Å². The molecule has 0 bridgehead atoms. The van der Waals surface area contributed by atoms with Gasteiger partial charge in [0.05, 0.1) is 11.0 Å². The Balaban J connectivity index is 1.58. The topological polar surface area (TPSA) is 73.4 Å². The van der Waals surface area contributed by atoms with Gasteiger partial charge in [0.2, 0.25) is 10.0 Å². The van der Waals surface area contributed by atoms with Crippen molar-refractivity contribution in [1.82, 2.24) is 9.29 Å². The van der Waals surface area contributed by atoms with Crippen LogP contribution in [0.15, 0.2) is 59.6 Å². The quantitative estimate of drug-likeness (QED) is 0.744. The number of hydrogen-bond donors (Lipinski definition) is 2. The van der Waals surface area contributed by atoms with Crippen LogP contribution in [0.5, 0.6) is 0 Å². The molecule has 3 aromatic rings. The van der Waals surface area contributed by atoms with Gasteiger partial charge in [-0.2, -0.15) is 4.31 Å². The summed E-state index contributed by atoms with van der Waals surface area (Å²) in [6.45, 7) is 2.44. The number of sulfonamides is 1. The number of benzene rings is 2. The molecule has 5 nitrogen and oxygen atoms in total. The van der Waals surface area contributed by atoms with Crippen molar-refractivity contribution in [1.29, 1.82) is 0 Å². The van der Waals surface area contributed by atoms with Crippen LogP contribution in [0.1, 0.15) is 23.5 Å². The molecule has 4 rings (SSSR count). The fraction of sp³-hybridized carbons (Fsp3) is 0.300. The largest absolute Gasteiger partial charge is 0.391 e. The number of rotatable bonds is 3. The van der Waals surface area contributed by atoms with Gasteiger partial charge in [-0.25, -0.2) is 8.42 Å². The van der Waals surface area contributed by atoms with Crippen LogP contribution in [0.3, 0.4) is 0 Å². The molecule has 1 fully saturated rings. The molecule has 2 aromatic carbocycles. The van der Waals surface area contributed by atoms with E-state index in [1.807, 2.05) is 37.4 Å². The Morgan fingerprint density at radius 1 is 1.12 bits per heavy atom. The molecule has 1 aliphatic heterocycles. The van der Waals surface area contributed by atoms with Gasteiger partial charge in [-0.3, -0.25) is 0 Å². The smallest absolute Gasteiger partial charge is 0.243 e. The van der Waals surface area contributed by atoms with Crippen molar-refractivity contribution < 1.29 is 13.5 Å². The highest BCUT2D eigenvalue weighted by atomic mass is 32.2. The Labute approximate surface area is 153 Å². The van der Waals surface area contributed by atoms with Crippen molar-refractivity contribution in [3.8, 4) is 0 Å². The molecule has 136 valence electrons. The van der Waals surface area contributed by atoms with Crippen LogP contribution < -0.4 is 0 Å². The lowest BCUT2D eigenvalue weighted by Gasteiger charge is -2.35. The lowest BCUT2D eigenvalue weighted by molar-refractivity contribution is 0.0859. The van der Waals surface area contributed by atoms with E-state index in [2.05, 4.69) is 4.98 Å². The van der Waals surface area contributed by atoms with E-state index < -0.39 is 16.1 Å². The summed E-state index contributed by atoms with van der Waals surface area (Å²) in [4.78, 5) is 3.51. The monoisotopic (exact) mass is 370 g/mol. The molecule has 0 aliphatic carbocycles.